The van der Waals surface area contributed by atoms with Crippen molar-refractivity contribution in [3.63, 3.8) is 0 Å². The fraction of sp³-hybridized carbons (Fsp3) is 0.816. The highest BCUT2D eigenvalue weighted by atomic mass is 19.4. The highest BCUT2D eigenvalue weighted by molar-refractivity contribution is 6.01. The fourth-order valence-electron chi connectivity index (χ4n) is 17.3. The van der Waals surface area contributed by atoms with E-state index in [1.165, 1.54) is 73.8 Å². The number of ether oxygens (including phenoxy) is 1. The molecule has 0 aromatic carbocycles. The number of alkyl halides is 8. The number of nitrogens with one attached hydrogen (secondary N) is 3. The van der Waals surface area contributed by atoms with Gasteiger partial charge in [-0.25, -0.2) is 8.78 Å². The lowest BCUT2D eigenvalue weighted by Crippen LogP contribution is -2.68. The van der Waals surface area contributed by atoms with Gasteiger partial charge in [-0.2, -0.15) is 26.3 Å². The Bertz CT molecular complexity index is 3230. The van der Waals surface area contributed by atoms with Crippen molar-refractivity contribution in [2.24, 2.45) is 35.5 Å². The Labute approximate surface area is 635 Å². The van der Waals surface area contributed by atoms with E-state index in [4.69, 9.17) is 4.74 Å². The topological polar surface area (TPSA) is 279 Å². The van der Waals surface area contributed by atoms with Gasteiger partial charge in [0, 0.05) is 82.0 Å². The van der Waals surface area contributed by atoms with Crippen LogP contribution in [-0.4, -0.2) is 288 Å². The van der Waals surface area contributed by atoms with Crippen molar-refractivity contribution in [1.82, 2.24) is 60.0 Å². The first kappa shape index (κ1) is 89.0. The zero-order chi connectivity index (χ0) is 80.9. The van der Waals surface area contributed by atoms with Crippen LogP contribution in [0, 0.1) is 35.5 Å². The molecule has 12 atom stereocenters. The second-order valence-electron chi connectivity index (χ2n) is 31.9. The van der Waals surface area contributed by atoms with Crippen LogP contribution in [-0.2, 0) is 62.3 Å². The van der Waals surface area contributed by atoms with Crippen molar-refractivity contribution in [1.29, 1.82) is 0 Å². The zero-order valence-electron chi connectivity index (χ0n) is 65.5. The van der Waals surface area contributed by atoms with Crippen LogP contribution in [0.2, 0.25) is 0 Å². The molecule has 3 heterocycles. The van der Waals surface area contributed by atoms with Crippen molar-refractivity contribution in [3.8, 4) is 0 Å². The molecule has 109 heavy (non-hydrogen) atoms. The SMILES string of the molecule is CCC[C@H]1C(=O)N[C@@H]([C@@H](C)CC)C(=O)N(C)CC(=O)N(C)[C@H]2C/C=C\CCN(C2=O)[C@@H](CC2CCC(C(F)(F)F)CC2)C(=O)N(C)CC(=O)N[C@@H](CCC2CC(F)C(C(F)(F)F)C(F)C2)C(=O)N2C[C@H](OCC)C[C@H]2C(=O)NC2(CCC2)C(=O)N(C)[C@@H](C2CCCC2)C(=O)N(CCC)[C@H](C(=O)N(C)C)CC(=O)N1C. The number of fused-ring (bicyclic) bond motifs is 3. The summed E-state index contributed by atoms with van der Waals surface area (Å²) >= 11 is 0. The average Bonchev–Trinajstić information content (AvgIpc) is 1.63. The van der Waals surface area contributed by atoms with Gasteiger partial charge in [0.05, 0.1) is 31.5 Å². The number of rotatable bonds is 15. The van der Waals surface area contributed by atoms with Gasteiger partial charge >= 0.3 is 12.4 Å². The van der Waals surface area contributed by atoms with Gasteiger partial charge in [-0.1, -0.05) is 65.5 Å². The summed E-state index contributed by atoms with van der Waals surface area (Å²) in [5, 5.41) is 8.43. The maximum absolute atomic E-state index is 15.9. The lowest BCUT2D eigenvalue weighted by molar-refractivity contribution is -0.219. The quantitative estimate of drug-likeness (QED) is 0.111. The van der Waals surface area contributed by atoms with E-state index in [2.05, 4.69) is 16.0 Å². The molecular formula is C76H118F8N12O13. The first-order valence-corrected chi connectivity index (χ1v) is 39.3. The van der Waals surface area contributed by atoms with Gasteiger partial charge in [0.2, 0.25) is 70.9 Å². The molecule has 616 valence electrons. The van der Waals surface area contributed by atoms with Crippen LogP contribution in [0.5, 0.6) is 0 Å². The summed E-state index contributed by atoms with van der Waals surface area (Å²) in [4.78, 5) is 192. The van der Waals surface area contributed by atoms with Gasteiger partial charge in [0.25, 0.3) is 0 Å². The number of likely N-dealkylation sites (N-methyl/N-ethyl adjacent to an activating group) is 6. The second-order valence-corrected chi connectivity index (χ2v) is 31.9. The van der Waals surface area contributed by atoms with Crippen molar-refractivity contribution in [2.45, 2.75) is 273 Å². The van der Waals surface area contributed by atoms with Crippen molar-refractivity contribution >= 4 is 70.9 Å². The third kappa shape index (κ3) is 21.7. The number of carbonyl (C=O) groups excluding carboxylic acids is 12. The molecule has 7 rings (SSSR count). The predicted octanol–water partition coefficient (Wildman–Crippen LogP) is 6.89. The molecular weight excluding hydrogens is 1440 g/mol. The number of carbonyl (C=O) groups is 12. The summed E-state index contributed by atoms with van der Waals surface area (Å²) in [6.45, 7) is 6.74. The molecule has 2 bridgehead atoms. The Morgan fingerprint density at radius 1 is 0.642 bits per heavy atom. The summed E-state index contributed by atoms with van der Waals surface area (Å²) in [6.07, 6.45) is -12.5. The van der Waals surface area contributed by atoms with E-state index >= 15 is 42.3 Å². The van der Waals surface area contributed by atoms with Gasteiger partial charge in [0.15, 0.2) is 0 Å². The molecule has 33 heteroatoms. The maximum atomic E-state index is 15.9. The number of hydrogen-bond acceptors (Lipinski definition) is 13. The molecule has 2 saturated heterocycles. The highest BCUT2D eigenvalue weighted by Crippen LogP contribution is 2.46. The van der Waals surface area contributed by atoms with Gasteiger partial charge in [-0.05, 0) is 146 Å². The van der Waals surface area contributed by atoms with E-state index in [1.807, 2.05) is 0 Å². The van der Waals surface area contributed by atoms with Crippen molar-refractivity contribution in [3.05, 3.63) is 12.2 Å². The molecule has 4 saturated carbocycles. The van der Waals surface area contributed by atoms with Gasteiger partial charge < -0.3 is 64.8 Å². The van der Waals surface area contributed by atoms with Gasteiger partial charge in [0.1, 0.15) is 72.1 Å². The number of amides is 12. The van der Waals surface area contributed by atoms with Crippen molar-refractivity contribution < 1.29 is 97.4 Å². The van der Waals surface area contributed by atoms with E-state index in [-0.39, 0.29) is 110 Å². The Morgan fingerprint density at radius 2 is 1.28 bits per heavy atom. The number of nitrogens with zero attached hydrogens (tertiary/aromatic N) is 9. The Morgan fingerprint density at radius 3 is 1.83 bits per heavy atom. The standard InChI is InChI=1S/C76H118F8N12O13/c1-13-23-54-65(100)86-63(45(5)15-3)71(106)90(9)44-61(99)92(11)55-26-18-17-21-36-95(70(55)105)57(39-46-27-30-49(31-28-46)75(79,80)81)69(104)89(8)43-59(97)85-53(32-29-47-37-51(77)62(52(78)38-47)76(82,83)84)67(102)96-42-50(109-16-4)40-56(96)66(101)87-74(33-22-34-74)73(108)93(12)64(48-24-19-20-25-48)72(107)94(35-14-2)58(68(103)88(6)7)41-60(98)91(54)10/h17-18,45-58,62-64H,13-16,19-44H2,1-12H3,(H,85,97)(H,86,100)(H,87,101)/b18-17-/t45-,46?,47?,49?,50+,51?,52?,53-,54-,55-,56-,57-,58-,62?,63-,64-/m0/s1. The van der Waals surface area contributed by atoms with Crippen LogP contribution >= 0.6 is 0 Å². The first-order chi connectivity index (χ1) is 51.2. The van der Waals surface area contributed by atoms with E-state index in [0.717, 1.165) is 19.6 Å². The lowest BCUT2D eigenvalue weighted by atomic mass is 9.74. The number of halogens is 8. The summed E-state index contributed by atoms with van der Waals surface area (Å²) in [6, 6.07) is -11.3. The maximum Gasteiger partial charge on any atom is 0.397 e. The fourth-order valence-corrected chi connectivity index (χ4v) is 17.3. The Balaban J connectivity index is 1.33. The normalized spacial score (nSPS) is 31.7. The zero-order valence-corrected chi connectivity index (χ0v) is 65.5. The van der Waals surface area contributed by atoms with Crippen LogP contribution in [0.4, 0.5) is 35.1 Å². The molecule has 12 amide bonds. The molecule has 1 spiro atoms. The minimum absolute atomic E-state index is 0.00404. The van der Waals surface area contributed by atoms with Gasteiger partial charge in [-0.3, -0.25) is 57.5 Å². The molecule has 0 aromatic rings. The van der Waals surface area contributed by atoms with Crippen LogP contribution < -0.4 is 16.0 Å². The summed E-state index contributed by atoms with van der Waals surface area (Å²) in [5.41, 5.74) is -1.69. The van der Waals surface area contributed by atoms with E-state index < -0.39 is 230 Å². The van der Waals surface area contributed by atoms with Crippen LogP contribution in [0.1, 0.15) is 189 Å². The third-order valence-electron chi connectivity index (χ3n) is 24.1. The van der Waals surface area contributed by atoms with E-state index in [0.29, 0.717) is 44.9 Å². The first-order valence-electron chi connectivity index (χ1n) is 39.3. The minimum atomic E-state index is -5.22. The molecule has 2 unspecified atom stereocenters. The molecule has 25 nitrogen and oxygen atoms in total. The van der Waals surface area contributed by atoms with E-state index in [9.17, 15) is 50.3 Å². The lowest BCUT2D eigenvalue weighted by Gasteiger charge is -2.47. The molecule has 0 aromatic heterocycles. The Hall–Kier alpha value is -7.22. The van der Waals surface area contributed by atoms with E-state index in [1.54, 1.807) is 46.8 Å². The molecule has 6 fully saturated rings. The van der Waals surface area contributed by atoms with Crippen molar-refractivity contribution in [2.75, 3.05) is 88.7 Å². The van der Waals surface area contributed by atoms with Gasteiger partial charge in [-0.15, -0.1) is 0 Å². The predicted molar refractivity (Wildman–Crippen MR) is 386 cm³/mol. The summed E-state index contributed by atoms with van der Waals surface area (Å²) in [5.74, 6) is -16.6. The minimum Gasteiger partial charge on any atom is -0.377 e. The van der Waals surface area contributed by atoms with Crippen LogP contribution in [0.25, 0.3) is 0 Å². The summed E-state index contributed by atoms with van der Waals surface area (Å²) in [7, 11) is 9.60. The Kier molecular flexibility index (Phi) is 31.7. The average molecular weight is 1560 g/mol. The molecule has 3 aliphatic heterocycles. The third-order valence-corrected chi connectivity index (χ3v) is 24.1. The highest BCUT2D eigenvalue weighted by Gasteiger charge is 2.56. The second kappa shape index (κ2) is 38.8. The molecule has 3 N–H and O–H groups in total. The van der Waals surface area contributed by atoms with Crippen LogP contribution in [0.15, 0.2) is 12.2 Å². The van der Waals surface area contributed by atoms with Crippen LogP contribution in [0.3, 0.4) is 0 Å². The number of hydrogen-bond donors (Lipinski definition) is 3. The molecule has 0 radical (unpaired) electrons. The summed E-state index contributed by atoms with van der Waals surface area (Å²) < 4.78 is 121. The molecule has 4 aliphatic carbocycles. The largest absolute Gasteiger partial charge is 0.397 e. The monoisotopic (exact) mass is 1560 g/mol. The smallest absolute Gasteiger partial charge is 0.377 e. The molecule has 7 aliphatic rings.